The first kappa shape index (κ1) is 19.7. The lowest BCUT2D eigenvalue weighted by molar-refractivity contribution is 0.0996. The Balaban J connectivity index is 1.59. The van der Waals surface area contributed by atoms with E-state index < -0.39 is 15.9 Å². The van der Waals surface area contributed by atoms with Crippen molar-refractivity contribution >= 4 is 37.7 Å². The summed E-state index contributed by atoms with van der Waals surface area (Å²) in [5, 5.41) is 12.5. The Bertz CT molecular complexity index is 1400. The zero-order valence-corrected chi connectivity index (χ0v) is 17.6. The number of nitrogens with one attached hydrogen (secondary N) is 1. The third-order valence-electron chi connectivity index (χ3n) is 5.70. The van der Waals surface area contributed by atoms with Gasteiger partial charge in [0, 0.05) is 37.0 Å². The fraction of sp³-hybridized carbons (Fsp3) is 0.250. The predicted molar refractivity (Wildman–Crippen MR) is 115 cm³/mol. The highest BCUT2D eigenvalue weighted by atomic mass is 32.2. The Morgan fingerprint density at radius 3 is 2.42 bits per heavy atom. The molecule has 5 rings (SSSR count). The van der Waals surface area contributed by atoms with E-state index in [1.54, 1.807) is 47.3 Å². The standard InChI is InChI=1S/C20H21N7O3S/c1-25-8-10-26(11-9-25)31(29,30)14-4-2-13(3-5-14)27-19-15(18(24-27)20(21)28)6-7-17-16(19)12-22-23-17/h2-7,12,24H,8-11H2,1H3,(H2,21,28). The lowest BCUT2D eigenvalue weighted by Crippen LogP contribution is -2.46. The minimum atomic E-state index is -3.57. The Kier molecular flexibility index (Phi) is 4.54. The molecule has 11 heteroatoms. The van der Waals surface area contributed by atoms with E-state index in [1.807, 2.05) is 7.05 Å². The third kappa shape index (κ3) is 3.17. The number of rotatable bonds is 4. The number of hydrogen-bond acceptors (Lipinski definition) is 6. The van der Waals surface area contributed by atoms with Gasteiger partial charge in [-0.1, -0.05) is 0 Å². The first-order valence-corrected chi connectivity index (χ1v) is 11.2. The highest BCUT2D eigenvalue weighted by Gasteiger charge is 2.27. The molecule has 0 unspecified atom stereocenters. The molecule has 2 aromatic carbocycles. The molecule has 0 bridgehead atoms. The largest absolute Gasteiger partial charge is 0.364 e. The van der Waals surface area contributed by atoms with Gasteiger partial charge >= 0.3 is 0 Å². The van der Waals surface area contributed by atoms with Crippen LogP contribution in [0, 0.1) is 0 Å². The zero-order valence-electron chi connectivity index (χ0n) is 16.8. The number of aromatic nitrogens is 4. The van der Waals surface area contributed by atoms with Gasteiger partial charge in [-0.15, -0.1) is 0 Å². The average molecular weight is 440 g/mol. The quantitative estimate of drug-likeness (QED) is 0.487. The Morgan fingerprint density at radius 2 is 1.74 bits per heavy atom. The van der Waals surface area contributed by atoms with E-state index in [0.717, 1.165) is 5.39 Å². The number of carbonyl (C=O) groups excluding carboxylic acids is 1. The fourth-order valence-electron chi connectivity index (χ4n) is 3.96. The smallest absolute Gasteiger partial charge is 0.267 e. The van der Waals surface area contributed by atoms with Crippen LogP contribution >= 0.6 is 0 Å². The van der Waals surface area contributed by atoms with Crippen LogP contribution in [-0.4, -0.2) is 76.7 Å². The molecule has 0 atom stereocenters. The number of piperazine rings is 1. The zero-order chi connectivity index (χ0) is 21.8. The molecule has 1 amide bonds. The number of sulfonamides is 1. The van der Waals surface area contributed by atoms with Crippen LogP contribution in [0.3, 0.4) is 0 Å². The van der Waals surface area contributed by atoms with E-state index in [1.165, 1.54) is 4.31 Å². The van der Waals surface area contributed by atoms with Crippen molar-refractivity contribution in [2.75, 3.05) is 33.2 Å². The van der Waals surface area contributed by atoms with Crippen LogP contribution in [-0.2, 0) is 10.0 Å². The third-order valence-corrected chi connectivity index (χ3v) is 7.62. The highest BCUT2D eigenvalue weighted by molar-refractivity contribution is 7.89. The SMILES string of the molecule is CN1CCN(S(=O)(=O)c2ccc(-n3[nH]c(C(N)=O)c4ccc5nncc5c43)cc2)CC1. The van der Waals surface area contributed by atoms with Gasteiger partial charge in [-0.2, -0.15) is 14.5 Å². The summed E-state index contributed by atoms with van der Waals surface area (Å²) in [7, 11) is -1.59. The number of nitrogens with two attached hydrogens (primary N) is 1. The lowest BCUT2D eigenvalue weighted by atomic mass is 10.1. The summed E-state index contributed by atoms with van der Waals surface area (Å²) in [6, 6.07) is 10.1. The van der Waals surface area contributed by atoms with Crippen molar-refractivity contribution in [1.29, 1.82) is 0 Å². The average Bonchev–Trinajstić information content (AvgIpc) is 3.38. The summed E-state index contributed by atoms with van der Waals surface area (Å²) < 4.78 is 29.2. The van der Waals surface area contributed by atoms with Crippen molar-refractivity contribution in [3.05, 3.63) is 48.3 Å². The van der Waals surface area contributed by atoms with Crippen molar-refractivity contribution in [1.82, 2.24) is 29.2 Å². The molecule has 0 spiro atoms. The summed E-state index contributed by atoms with van der Waals surface area (Å²) in [5.41, 5.74) is 7.86. The Labute approximate surface area is 178 Å². The first-order chi connectivity index (χ1) is 14.9. The normalized spacial score (nSPS) is 16.3. The molecule has 1 fully saturated rings. The Hall–Kier alpha value is -3.28. The van der Waals surface area contributed by atoms with E-state index in [2.05, 4.69) is 20.2 Å². The fourth-order valence-corrected chi connectivity index (χ4v) is 5.38. The van der Waals surface area contributed by atoms with Crippen LogP contribution in [0.15, 0.2) is 47.5 Å². The number of nitrogens with zero attached hydrogens (tertiary/aromatic N) is 5. The van der Waals surface area contributed by atoms with E-state index in [0.29, 0.717) is 48.3 Å². The summed E-state index contributed by atoms with van der Waals surface area (Å²) >= 11 is 0. The second-order valence-electron chi connectivity index (χ2n) is 7.63. The van der Waals surface area contributed by atoms with Gasteiger partial charge in [-0.25, -0.2) is 8.42 Å². The number of fused-ring (bicyclic) bond motifs is 3. The summed E-state index contributed by atoms with van der Waals surface area (Å²) in [4.78, 5) is 14.3. The maximum atomic E-state index is 13.0. The summed E-state index contributed by atoms with van der Waals surface area (Å²) in [5.74, 6) is -0.593. The van der Waals surface area contributed by atoms with Crippen molar-refractivity contribution in [3.8, 4) is 5.69 Å². The molecule has 1 aliphatic rings. The molecule has 31 heavy (non-hydrogen) atoms. The van der Waals surface area contributed by atoms with Crippen LogP contribution in [0.25, 0.3) is 27.5 Å². The molecule has 2 aromatic heterocycles. The van der Waals surface area contributed by atoms with Gasteiger partial charge in [-0.05, 0) is 43.4 Å². The molecule has 3 N–H and O–H groups in total. The van der Waals surface area contributed by atoms with Crippen LogP contribution < -0.4 is 5.73 Å². The van der Waals surface area contributed by atoms with Gasteiger partial charge in [0.2, 0.25) is 10.0 Å². The second kappa shape index (κ2) is 7.15. The van der Waals surface area contributed by atoms with E-state index in [4.69, 9.17) is 5.73 Å². The van der Waals surface area contributed by atoms with Crippen LogP contribution in [0.4, 0.5) is 0 Å². The van der Waals surface area contributed by atoms with Gasteiger partial charge in [-0.3, -0.25) is 14.6 Å². The molecule has 3 heterocycles. The molecule has 0 saturated carbocycles. The molecular weight excluding hydrogens is 418 g/mol. The summed E-state index contributed by atoms with van der Waals surface area (Å²) in [6.45, 7) is 2.34. The molecular formula is C20H21N7O3S. The van der Waals surface area contributed by atoms with Crippen molar-refractivity contribution in [3.63, 3.8) is 0 Å². The van der Waals surface area contributed by atoms with Gasteiger partial charge in [0.1, 0.15) is 5.69 Å². The molecule has 1 aliphatic heterocycles. The molecule has 1 saturated heterocycles. The molecule has 0 radical (unpaired) electrons. The number of aromatic amines is 1. The lowest BCUT2D eigenvalue weighted by Gasteiger charge is -2.31. The number of benzene rings is 2. The Morgan fingerprint density at radius 1 is 1.03 bits per heavy atom. The molecule has 4 aromatic rings. The van der Waals surface area contributed by atoms with Gasteiger partial charge in [0.25, 0.3) is 5.91 Å². The minimum Gasteiger partial charge on any atom is -0.364 e. The van der Waals surface area contributed by atoms with Crippen LogP contribution in [0.5, 0.6) is 0 Å². The monoisotopic (exact) mass is 439 g/mol. The van der Waals surface area contributed by atoms with Crippen molar-refractivity contribution < 1.29 is 13.2 Å². The predicted octanol–water partition coefficient (Wildman–Crippen LogP) is 0.937. The maximum Gasteiger partial charge on any atom is 0.267 e. The number of H-pyrrole nitrogens is 1. The van der Waals surface area contributed by atoms with Crippen molar-refractivity contribution in [2.24, 2.45) is 5.73 Å². The number of likely N-dealkylation sites (N-methyl/N-ethyl adjacent to an activating group) is 1. The van der Waals surface area contributed by atoms with E-state index in [9.17, 15) is 13.2 Å². The molecule has 0 aliphatic carbocycles. The second-order valence-corrected chi connectivity index (χ2v) is 9.56. The molecule has 10 nitrogen and oxygen atoms in total. The van der Waals surface area contributed by atoms with Crippen LogP contribution in [0.1, 0.15) is 10.5 Å². The van der Waals surface area contributed by atoms with Gasteiger partial charge in [0.05, 0.1) is 27.8 Å². The summed E-state index contributed by atoms with van der Waals surface area (Å²) in [6.07, 6.45) is 1.62. The van der Waals surface area contributed by atoms with Gasteiger partial charge < -0.3 is 10.6 Å². The number of carbonyl (C=O) groups is 1. The minimum absolute atomic E-state index is 0.231. The van der Waals surface area contributed by atoms with E-state index >= 15 is 0 Å². The number of amides is 1. The maximum absolute atomic E-state index is 13.0. The molecule has 160 valence electrons. The van der Waals surface area contributed by atoms with Gasteiger partial charge in [0.15, 0.2) is 0 Å². The first-order valence-electron chi connectivity index (χ1n) is 9.80. The number of primary amides is 1. The van der Waals surface area contributed by atoms with Crippen molar-refractivity contribution in [2.45, 2.75) is 4.90 Å². The van der Waals surface area contributed by atoms with E-state index in [-0.39, 0.29) is 10.6 Å². The van der Waals surface area contributed by atoms with Crippen LogP contribution in [0.2, 0.25) is 0 Å². The topological polar surface area (TPSA) is 130 Å². The number of hydrogen-bond donors (Lipinski definition) is 2. The highest BCUT2D eigenvalue weighted by Crippen LogP contribution is 2.29.